The van der Waals surface area contributed by atoms with Crippen LogP contribution in [0.3, 0.4) is 0 Å². The molecule has 0 bridgehead atoms. The molecule has 2 rings (SSSR count). The van der Waals surface area contributed by atoms with Gasteiger partial charge in [-0.1, -0.05) is 0 Å². The van der Waals surface area contributed by atoms with Crippen molar-refractivity contribution in [3.63, 3.8) is 0 Å². The van der Waals surface area contributed by atoms with E-state index < -0.39 is 5.60 Å². The first-order valence-corrected chi connectivity index (χ1v) is 8.34. The quantitative estimate of drug-likeness (QED) is 0.779. The van der Waals surface area contributed by atoms with Gasteiger partial charge in [0.1, 0.15) is 11.4 Å². The van der Waals surface area contributed by atoms with Crippen LogP contribution in [0.25, 0.3) is 0 Å². The number of piperidine rings is 1. The highest BCUT2D eigenvalue weighted by Crippen LogP contribution is 2.23. The number of carbonyl (C=O) groups excluding carboxylic acids is 1. The first-order valence-electron chi connectivity index (χ1n) is 7.17. The van der Waals surface area contributed by atoms with Gasteiger partial charge in [-0.2, -0.15) is 4.98 Å². The second-order valence-corrected chi connectivity index (χ2v) is 7.44. The summed E-state index contributed by atoms with van der Waals surface area (Å²) in [7, 11) is 0. The highest BCUT2D eigenvalue weighted by Gasteiger charge is 2.28. The van der Waals surface area contributed by atoms with E-state index in [9.17, 15) is 4.79 Å². The topological polar surface area (TPSA) is 67.3 Å². The van der Waals surface area contributed by atoms with Crippen LogP contribution in [-0.4, -0.2) is 45.7 Å². The average Bonchev–Trinajstić information content (AvgIpc) is 2.41. The number of carbonyl (C=O) groups is 1. The third-order valence-corrected chi connectivity index (χ3v) is 3.89. The van der Waals surface area contributed by atoms with Crippen LogP contribution >= 0.6 is 27.5 Å². The highest BCUT2D eigenvalue weighted by molar-refractivity contribution is 9.10. The maximum atomic E-state index is 12.2. The minimum Gasteiger partial charge on any atom is -0.444 e. The Bertz CT molecular complexity index is 550. The number of amides is 1. The lowest BCUT2D eigenvalue weighted by Gasteiger charge is -2.34. The van der Waals surface area contributed by atoms with Gasteiger partial charge in [0.15, 0.2) is 0 Å². The molecule has 0 aliphatic carbocycles. The van der Waals surface area contributed by atoms with Gasteiger partial charge < -0.3 is 15.0 Å². The summed E-state index contributed by atoms with van der Waals surface area (Å²) >= 11 is 9.21. The molecule has 1 aliphatic rings. The number of aromatic nitrogens is 2. The smallest absolute Gasteiger partial charge is 0.410 e. The van der Waals surface area contributed by atoms with Gasteiger partial charge in [0.25, 0.3) is 0 Å². The van der Waals surface area contributed by atoms with Crippen LogP contribution in [0.5, 0.6) is 0 Å². The number of likely N-dealkylation sites (tertiary alicyclic amines) is 1. The summed E-state index contributed by atoms with van der Waals surface area (Å²) in [6, 6.07) is 0.100. The van der Waals surface area contributed by atoms with Crippen molar-refractivity contribution in [1.82, 2.24) is 14.9 Å². The number of nitrogens with one attached hydrogen (secondary N) is 1. The Morgan fingerprint density at radius 3 is 2.95 bits per heavy atom. The highest BCUT2D eigenvalue weighted by atomic mass is 79.9. The van der Waals surface area contributed by atoms with Crippen LogP contribution in [-0.2, 0) is 4.74 Å². The van der Waals surface area contributed by atoms with Crippen molar-refractivity contribution >= 4 is 39.4 Å². The molecule has 1 aromatic heterocycles. The predicted octanol–water partition coefficient (Wildman–Crippen LogP) is 3.70. The van der Waals surface area contributed by atoms with Crippen molar-refractivity contribution in [2.75, 3.05) is 18.4 Å². The number of anilines is 1. The monoisotopic (exact) mass is 390 g/mol. The van der Waals surface area contributed by atoms with E-state index in [0.29, 0.717) is 18.9 Å². The average molecular weight is 392 g/mol. The number of ether oxygens (including phenoxy) is 1. The van der Waals surface area contributed by atoms with Crippen LogP contribution in [0, 0.1) is 0 Å². The number of hydrogen-bond donors (Lipinski definition) is 1. The minimum absolute atomic E-state index is 0.100. The van der Waals surface area contributed by atoms with Crippen LogP contribution in [0.15, 0.2) is 10.7 Å². The van der Waals surface area contributed by atoms with E-state index in [1.165, 1.54) is 0 Å². The normalized spacial score (nSPS) is 19.0. The Morgan fingerprint density at radius 2 is 2.27 bits per heavy atom. The fraction of sp³-hybridized carbons (Fsp3) is 0.643. The van der Waals surface area contributed by atoms with Crippen molar-refractivity contribution in [2.24, 2.45) is 0 Å². The summed E-state index contributed by atoms with van der Waals surface area (Å²) < 4.78 is 6.16. The molecular weight excluding hydrogens is 372 g/mol. The zero-order valence-electron chi connectivity index (χ0n) is 12.9. The molecule has 0 spiro atoms. The SMILES string of the molecule is CC(C)(C)OC(=O)N1CCC[C@@H](Nc2nc(Cl)ncc2Br)C1. The van der Waals surface area contributed by atoms with E-state index in [-0.39, 0.29) is 17.4 Å². The van der Waals surface area contributed by atoms with E-state index in [1.54, 1.807) is 11.1 Å². The van der Waals surface area contributed by atoms with Gasteiger partial charge in [-0.25, -0.2) is 9.78 Å². The van der Waals surface area contributed by atoms with Gasteiger partial charge in [0, 0.05) is 25.3 Å². The van der Waals surface area contributed by atoms with E-state index in [0.717, 1.165) is 17.3 Å². The maximum Gasteiger partial charge on any atom is 0.410 e. The number of hydrogen-bond acceptors (Lipinski definition) is 5. The predicted molar refractivity (Wildman–Crippen MR) is 89.2 cm³/mol. The molecular formula is C14H20BrClN4O2. The Hall–Kier alpha value is -1.08. The minimum atomic E-state index is -0.485. The van der Waals surface area contributed by atoms with Gasteiger partial charge in [-0.15, -0.1) is 0 Å². The van der Waals surface area contributed by atoms with E-state index in [4.69, 9.17) is 16.3 Å². The Kier molecular flexibility index (Phi) is 5.50. The molecule has 22 heavy (non-hydrogen) atoms. The summed E-state index contributed by atoms with van der Waals surface area (Å²) in [6.45, 7) is 6.88. The molecule has 1 saturated heterocycles. The third kappa shape index (κ3) is 4.98. The zero-order valence-corrected chi connectivity index (χ0v) is 15.2. The van der Waals surface area contributed by atoms with E-state index in [2.05, 4.69) is 31.2 Å². The lowest BCUT2D eigenvalue weighted by molar-refractivity contribution is 0.0206. The van der Waals surface area contributed by atoms with Crippen molar-refractivity contribution in [2.45, 2.75) is 45.3 Å². The van der Waals surface area contributed by atoms with Gasteiger partial charge in [-0.05, 0) is 61.1 Å². The summed E-state index contributed by atoms with van der Waals surface area (Å²) in [5.41, 5.74) is -0.485. The molecule has 1 aliphatic heterocycles. The molecule has 8 heteroatoms. The molecule has 0 saturated carbocycles. The molecule has 1 N–H and O–H groups in total. The molecule has 122 valence electrons. The third-order valence-electron chi connectivity index (χ3n) is 3.13. The molecule has 1 fully saturated rings. The van der Waals surface area contributed by atoms with Crippen molar-refractivity contribution in [3.05, 3.63) is 16.0 Å². The molecule has 1 atom stereocenters. The molecule has 0 unspecified atom stereocenters. The van der Waals surface area contributed by atoms with Crippen LogP contribution in [0.2, 0.25) is 5.28 Å². The van der Waals surface area contributed by atoms with Crippen LogP contribution in [0.1, 0.15) is 33.6 Å². The fourth-order valence-corrected chi connectivity index (χ4v) is 2.67. The standard InChI is InChI=1S/C14H20BrClN4O2/c1-14(2,3)22-13(21)20-6-4-5-9(8-20)18-11-10(15)7-17-12(16)19-11/h7,9H,4-6,8H2,1-3H3,(H,17,18,19)/t9-/m1/s1. The van der Waals surface area contributed by atoms with Gasteiger partial charge in [0.05, 0.1) is 4.47 Å². The first-order chi connectivity index (χ1) is 10.2. The number of nitrogens with zero attached hydrogens (tertiary/aromatic N) is 3. The van der Waals surface area contributed by atoms with Crippen molar-refractivity contribution in [3.8, 4) is 0 Å². The number of halogens is 2. The van der Waals surface area contributed by atoms with E-state index in [1.807, 2.05) is 20.8 Å². The Labute approximate surface area is 143 Å². The summed E-state index contributed by atoms with van der Waals surface area (Å²) in [5.74, 6) is 0.635. The molecule has 2 heterocycles. The van der Waals surface area contributed by atoms with Gasteiger partial charge in [0.2, 0.25) is 5.28 Å². The summed E-state index contributed by atoms with van der Waals surface area (Å²) in [4.78, 5) is 21.9. The largest absolute Gasteiger partial charge is 0.444 e. The molecule has 6 nitrogen and oxygen atoms in total. The Balaban J connectivity index is 1.98. The van der Waals surface area contributed by atoms with Crippen molar-refractivity contribution in [1.29, 1.82) is 0 Å². The molecule has 1 amide bonds. The van der Waals surface area contributed by atoms with Crippen molar-refractivity contribution < 1.29 is 9.53 Å². The van der Waals surface area contributed by atoms with Crippen LogP contribution < -0.4 is 5.32 Å². The lowest BCUT2D eigenvalue weighted by atomic mass is 10.1. The molecule has 0 radical (unpaired) electrons. The van der Waals surface area contributed by atoms with Crippen LogP contribution in [0.4, 0.5) is 10.6 Å². The van der Waals surface area contributed by atoms with Gasteiger partial charge in [-0.3, -0.25) is 0 Å². The fourth-order valence-electron chi connectivity index (χ4n) is 2.23. The Morgan fingerprint density at radius 1 is 1.55 bits per heavy atom. The molecule has 1 aromatic rings. The number of rotatable bonds is 2. The maximum absolute atomic E-state index is 12.2. The first kappa shape index (κ1) is 17.3. The van der Waals surface area contributed by atoms with E-state index >= 15 is 0 Å². The molecule has 0 aromatic carbocycles. The lowest BCUT2D eigenvalue weighted by Crippen LogP contribution is -2.47. The van der Waals surface area contributed by atoms with Gasteiger partial charge >= 0.3 is 6.09 Å². The summed E-state index contributed by atoms with van der Waals surface area (Å²) in [5, 5.41) is 3.49. The second-order valence-electron chi connectivity index (χ2n) is 6.25. The zero-order chi connectivity index (χ0) is 16.3. The second kappa shape index (κ2) is 7.00. The summed E-state index contributed by atoms with van der Waals surface area (Å²) in [6.07, 6.45) is 3.19.